The fourth-order valence-corrected chi connectivity index (χ4v) is 2.88. The van der Waals surface area contributed by atoms with E-state index in [0.717, 1.165) is 19.3 Å². The number of rotatable bonds is 4. The Morgan fingerprint density at radius 3 is 2.76 bits per heavy atom. The van der Waals surface area contributed by atoms with E-state index in [-0.39, 0.29) is 17.6 Å². The molecule has 21 heavy (non-hydrogen) atoms. The van der Waals surface area contributed by atoms with Gasteiger partial charge in [-0.3, -0.25) is 14.9 Å². The Balaban J connectivity index is 2.22. The van der Waals surface area contributed by atoms with E-state index in [2.05, 4.69) is 17.6 Å². The zero-order valence-electron chi connectivity index (χ0n) is 12.4. The molecule has 2 rings (SSSR count). The van der Waals surface area contributed by atoms with Gasteiger partial charge >= 0.3 is 0 Å². The first-order valence-electron chi connectivity index (χ1n) is 7.28. The van der Waals surface area contributed by atoms with Gasteiger partial charge in [0.25, 0.3) is 11.6 Å². The molecule has 1 saturated carbocycles. The number of amides is 1. The predicted octanol–water partition coefficient (Wildman–Crippen LogP) is 2.95. The zero-order valence-corrected chi connectivity index (χ0v) is 12.4. The van der Waals surface area contributed by atoms with Gasteiger partial charge < -0.3 is 10.6 Å². The number of nitrogens with zero attached hydrogens (tertiary/aromatic N) is 1. The van der Waals surface area contributed by atoms with Gasteiger partial charge in [0, 0.05) is 24.7 Å². The second kappa shape index (κ2) is 6.56. The van der Waals surface area contributed by atoms with Crippen LogP contribution in [0.4, 0.5) is 11.4 Å². The Bertz CT molecular complexity index is 545. The van der Waals surface area contributed by atoms with Crippen molar-refractivity contribution in [2.75, 3.05) is 12.4 Å². The van der Waals surface area contributed by atoms with Crippen LogP contribution in [0.3, 0.4) is 0 Å². The molecule has 1 fully saturated rings. The van der Waals surface area contributed by atoms with Crippen LogP contribution in [0.15, 0.2) is 18.2 Å². The van der Waals surface area contributed by atoms with E-state index in [0.29, 0.717) is 17.2 Å². The third-order valence-corrected chi connectivity index (χ3v) is 3.98. The molecule has 1 aromatic rings. The van der Waals surface area contributed by atoms with Crippen molar-refractivity contribution in [3.05, 3.63) is 33.9 Å². The molecule has 0 saturated heterocycles. The highest BCUT2D eigenvalue weighted by Gasteiger charge is 2.23. The maximum absolute atomic E-state index is 11.6. The molecular weight excluding hydrogens is 270 g/mol. The highest BCUT2D eigenvalue weighted by molar-refractivity contribution is 5.95. The summed E-state index contributed by atoms with van der Waals surface area (Å²) in [5, 5.41) is 17.0. The lowest BCUT2D eigenvalue weighted by Gasteiger charge is -2.28. The van der Waals surface area contributed by atoms with E-state index in [4.69, 9.17) is 0 Å². The van der Waals surface area contributed by atoms with Crippen LogP contribution >= 0.6 is 0 Å². The van der Waals surface area contributed by atoms with Crippen LogP contribution in [-0.4, -0.2) is 23.9 Å². The smallest absolute Gasteiger partial charge is 0.293 e. The largest absolute Gasteiger partial charge is 0.377 e. The lowest BCUT2D eigenvalue weighted by atomic mass is 9.87. The molecule has 0 bridgehead atoms. The first kappa shape index (κ1) is 15.3. The van der Waals surface area contributed by atoms with Crippen LogP contribution in [0.1, 0.15) is 43.0 Å². The van der Waals surface area contributed by atoms with Crippen molar-refractivity contribution in [1.29, 1.82) is 0 Å². The summed E-state index contributed by atoms with van der Waals surface area (Å²) in [6, 6.07) is 4.83. The van der Waals surface area contributed by atoms with Gasteiger partial charge in [0.05, 0.1) is 4.92 Å². The van der Waals surface area contributed by atoms with Gasteiger partial charge in [-0.15, -0.1) is 0 Å². The average Bonchev–Trinajstić information content (AvgIpc) is 2.46. The lowest BCUT2D eigenvalue weighted by Crippen LogP contribution is -2.26. The van der Waals surface area contributed by atoms with Gasteiger partial charge in [0.1, 0.15) is 5.69 Å². The van der Waals surface area contributed by atoms with Crippen molar-refractivity contribution in [3.8, 4) is 0 Å². The molecule has 1 amide bonds. The summed E-state index contributed by atoms with van der Waals surface area (Å²) >= 11 is 0. The lowest BCUT2D eigenvalue weighted by molar-refractivity contribution is -0.384. The zero-order chi connectivity index (χ0) is 15.4. The van der Waals surface area contributed by atoms with Crippen molar-refractivity contribution >= 4 is 17.3 Å². The standard InChI is InChI=1S/C15H21N3O3/c1-10-4-3-5-12(8-10)17-13-7-6-11(15(19)16-2)9-14(13)18(20)21/h6-7,9-10,12,17H,3-5,8H2,1-2H3,(H,16,19). The molecule has 2 atom stereocenters. The number of carbonyl (C=O) groups is 1. The topological polar surface area (TPSA) is 84.3 Å². The third-order valence-electron chi connectivity index (χ3n) is 3.98. The van der Waals surface area contributed by atoms with E-state index < -0.39 is 4.92 Å². The highest BCUT2D eigenvalue weighted by Crippen LogP contribution is 2.31. The van der Waals surface area contributed by atoms with E-state index in [1.807, 2.05) is 0 Å². The van der Waals surface area contributed by atoms with E-state index in [1.165, 1.54) is 19.5 Å². The molecule has 2 unspecified atom stereocenters. The van der Waals surface area contributed by atoms with Crippen molar-refractivity contribution in [2.45, 2.75) is 38.6 Å². The summed E-state index contributed by atoms with van der Waals surface area (Å²) in [4.78, 5) is 22.4. The van der Waals surface area contributed by atoms with Gasteiger partial charge in [-0.2, -0.15) is 0 Å². The number of nitro benzene ring substituents is 1. The minimum absolute atomic E-state index is 0.0469. The first-order chi connectivity index (χ1) is 10.0. The molecule has 6 heteroatoms. The number of nitro groups is 1. The van der Waals surface area contributed by atoms with Gasteiger partial charge in [-0.05, 0) is 30.9 Å². The second-order valence-electron chi connectivity index (χ2n) is 5.68. The summed E-state index contributed by atoms with van der Waals surface area (Å²) in [5.74, 6) is 0.316. The van der Waals surface area contributed by atoms with Gasteiger partial charge in [-0.25, -0.2) is 0 Å². The normalized spacial score (nSPS) is 21.6. The van der Waals surface area contributed by atoms with Crippen molar-refractivity contribution in [1.82, 2.24) is 5.32 Å². The minimum Gasteiger partial charge on any atom is -0.377 e. The van der Waals surface area contributed by atoms with Crippen LogP contribution in [0.2, 0.25) is 0 Å². The van der Waals surface area contributed by atoms with Gasteiger partial charge in [0.2, 0.25) is 0 Å². The molecular formula is C15H21N3O3. The average molecular weight is 291 g/mol. The van der Waals surface area contributed by atoms with Crippen LogP contribution in [0, 0.1) is 16.0 Å². The number of anilines is 1. The fraction of sp³-hybridized carbons (Fsp3) is 0.533. The molecule has 6 nitrogen and oxygen atoms in total. The van der Waals surface area contributed by atoms with Crippen LogP contribution in [0.25, 0.3) is 0 Å². The number of nitrogens with one attached hydrogen (secondary N) is 2. The molecule has 114 valence electrons. The van der Waals surface area contributed by atoms with Crippen molar-refractivity contribution in [3.63, 3.8) is 0 Å². The number of hydrogen-bond donors (Lipinski definition) is 2. The quantitative estimate of drug-likeness (QED) is 0.660. The summed E-state index contributed by atoms with van der Waals surface area (Å²) in [6.45, 7) is 2.21. The Kier molecular flexibility index (Phi) is 4.77. The molecule has 0 heterocycles. The highest BCUT2D eigenvalue weighted by atomic mass is 16.6. The number of hydrogen-bond acceptors (Lipinski definition) is 4. The fourth-order valence-electron chi connectivity index (χ4n) is 2.88. The summed E-state index contributed by atoms with van der Waals surface area (Å²) in [6.07, 6.45) is 4.41. The number of benzene rings is 1. The summed E-state index contributed by atoms with van der Waals surface area (Å²) < 4.78 is 0. The van der Waals surface area contributed by atoms with E-state index >= 15 is 0 Å². The Hall–Kier alpha value is -2.11. The predicted molar refractivity (Wildman–Crippen MR) is 81.5 cm³/mol. The number of carbonyl (C=O) groups excluding carboxylic acids is 1. The first-order valence-corrected chi connectivity index (χ1v) is 7.28. The van der Waals surface area contributed by atoms with Gasteiger partial charge in [-0.1, -0.05) is 19.8 Å². The van der Waals surface area contributed by atoms with Crippen LogP contribution in [0.5, 0.6) is 0 Å². The Morgan fingerprint density at radius 2 is 2.14 bits per heavy atom. The van der Waals surface area contributed by atoms with E-state index in [9.17, 15) is 14.9 Å². The molecule has 1 aliphatic carbocycles. The summed E-state index contributed by atoms with van der Waals surface area (Å²) in [5.41, 5.74) is 0.743. The third kappa shape index (κ3) is 3.71. The van der Waals surface area contributed by atoms with Crippen LogP contribution in [-0.2, 0) is 0 Å². The van der Waals surface area contributed by atoms with Crippen molar-refractivity contribution in [2.24, 2.45) is 5.92 Å². The molecule has 0 aromatic heterocycles. The Labute approximate surface area is 124 Å². The molecule has 0 aliphatic heterocycles. The van der Waals surface area contributed by atoms with Gasteiger partial charge in [0.15, 0.2) is 0 Å². The summed E-state index contributed by atoms with van der Waals surface area (Å²) in [7, 11) is 1.50. The molecule has 1 aromatic carbocycles. The van der Waals surface area contributed by atoms with E-state index in [1.54, 1.807) is 12.1 Å². The monoisotopic (exact) mass is 291 g/mol. The maximum Gasteiger partial charge on any atom is 0.293 e. The van der Waals surface area contributed by atoms with Crippen molar-refractivity contribution < 1.29 is 9.72 Å². The van der Waals surface area contributed by atoms with Crippen LogP contribution < -0.4 is 10.6 Å². The molecule has 1 aliphatic rings. The molecule has 2 N–H and O–H groups in total. The maximum atomic E-state index is 11.6. The second-order valence-corrected chi connectivity index (χ2v) is 5.68. The molecule has 0 radical (unpaired) electrons. The minimum atomic E-state index is -0.443. The molecule has 0 spiro atoms. The Morgan fingerprint density at radius 1 is 1.38 bits per heavy atom. The SMILES string of the molecule is CNC(=O)c1ccc(NC2CCCC(C)C2)c([N+](=O)[O-])c1.